The van der Waals surface area contributed by atoms with E-state index in [0.29, 0.717) is 0 Å². The molecule has 80 valence electrons. The van der Waals surface area contributed by atoms with E-state index in [4.69, 9.17) is 0 Å². The van der Waals surface area contributed by atoms with Crippen LogP contribution in [0.15, 0.2) is 41.5 Å². The standard InChI is InChI=1S/C13H18SSi/c1-14-11-10-13(15(2,3)4)12-8-6-5-7-9-12/h5-9,11H,1-4H3. The largest absolute Gasteiger partial charge is 0.129 e. The molecule has 0 atom stereocenters. The summed E-state index contributed by atoms with van der Waals surface area (Å²) < 4.78 is 0. The van der Waals surface area contributed by atoms with Gasteiger partial charge in [-0.1, -0.05) is 50.0 Å². The highest BCUT2D eigenvalue weighted by Crippen LogP contribution is 2.24. The zero-order chi connectivity index (χ0) is 11.3. The van der Waals surface area contributed by atoms with Crippen molar-refractivity contribution < 1.29 is 0 Å². The van der Waals surface area contributed by atoms with E-state index in [0.717, 1.165) is 0 Å². The Morgan fingerprint density at radius 2 is 1.80 bits per heavy atom. The summed E-state index contributed by atoms with van der Waals surface area (Å²) >= 11 is 1.71. The van der Waals surface area contributed by atoms with E-state index in [1.807, 2.05) is 0 Å². The van der Waals surface area contributed by atoms with Crippen molar-refractivity contribution in [3.05, 3.63) is 47.0 Å². The molecule has 0 aliphatic carbocycles. The summed E-state index contributed by atoms with van der Waals surface area (Å²) in [4.78, 5) is 0. The Labute approximate surface area is 98.1 Å². The minimum atomic E-state index is -1.30. The lowest BCUT2D eigenvalue weighted by atomic mass is 10.2. The molecule has 15 heavy (non-hydrogen) atoms. The number of hydrogen-bond acceptors (Lipinski definition) is 1. The summed E-state index contributed by atoms with van der Waals surface area (Å²) in [5.74, 6) is 0. The van der Waals surface area contributed by atoms with E-state index >= 15 is 0 Å². The molecule has 0 amide bonds. The van der Waals surface area contributed by atoms with E-state index < -0.39 is 8.07 Å². The van der Waals surface area contributed by atoms with Gasteiger partial charge in [0.15, 0.2) is 0 Å². The second kappa shape index (κ2) is 5.41. The van der Waals surface area contributed by atoms with Crippen LogP contribution in [-0.2, 0) is 0 Å². The molecule has 1 aromatic rings. The van der Waals surface area contributed by atoms with Crippen LogP contribution in [-0.4, -0.2) is 14.3 Å². The molecule has 2 heteroatoms. The maximum absolute atomic E-state index is 3.44. The molecular formula is C13H18SSi. The molecule has 0 aliphatic rings. The van der Waals surface area contributed by atoms with Gasteiger partial charge < -0.3 is 0 Å². The number of thioether (sulfide) groups is 1. The van der Waals surface area contributed by atoms with E-state index in [-0.39, 0.29) is 0 Å². The summed E-state index contributed by atoms with van der Waals surface area (Å²) in [6, 6.07) is 10.6. The number of benzene rings is 1. The zero-order valence-corrected chi connectivity index (χ0v) is 11.7. The van der Waals surface area contributed by atoms with Crippen LogP contribution in [0.5, 0.6) is 0 Å². The zero-order valence-electron chi connectivity index (χ0n) is 9.87. The average molecular weight is 234 g/mol. The van der Waals surface area contributed by atoms with Crippen molar-refractivity contribution >= 4 is 25.0 Å². The fourth-order valence-corrected chi connectivity index (χ4v) is 3.33. The molecule has 0 aliphatic heterocycles. The predicted octanol–water partition coefficient (Wildman–Crippen LogP) is 4.42. The summed E-state index contributed by atoms with van der Waals surface area (Å²) in [5, 5.41) is 3.46. The van der Waals surface area contributed by atoms with E-state index in [1.54, 1.807) is 11.8 Å². The molecule has 0 saturated carbocycles. The first-order chi connectivity index (χ1) is 7.05. The highest BCUT2D eigenvalue weighted by molar-refractivity contribution is 8.01. The monoisotopic (exact) mass is 234 g/mol. The summed E-state index contributed by atoms with van der Waals surface area (Å²) in [5.41, 5.74) is 4.76. The Hall–Kier alpha value is -0.693. The normalized spacial score (nSPS) is 10.7. The van der Waals surface area contributed by atoms with Crippen LogP contribution in [0, 0.1) is 0 Å². The van der Waals surface area contributed by atoms with Crippen LogP contribution in [0.1, 0.15) is 5.56 Å². The maximum Gasteiger partial charge on any atom is 0.0883 e. The third kappa shape index (κ3) is 3.75. The van der Waals surface area contributed by atoms with E-state index in [9.17, 15) is 0 Å². The van der Waals surface area contributed by atoms with Crippen molar-refractivity contribution in [2.75, 3.05) is 6.26 Å². The number of hydrogen-bond donors (Lipinski definition) is 0. The fourth-order valence-electron chi connectivity index (χ4n) is 1.46. The van der Waals surface area contributed by atoms with Gasteiger partial charge >= 0.3 is 0 Å². The van der Waals surface area contributed by atoms with Crippen molar-refractivity contribution in [2.45, 2.75) is 19.6 Å². The van der Waals surface area contributed by atoms with Gasteiger partial charge in [-0.2, -0.15) is 0 Å². The van der Waals surface area contributed by atoms with Crippen LogP contribution in [0.2, 0.25) is 19.6 Å². The molecular weight excluding hydrogens is 216 g/mol. The lowest BCUT2D eigenvalue weighted by molar-refractivity contribution is 1.62. The summed E-state index contributed by atoms with van der Waals surface area (Å²) in [6.45, 7) is 7.07. The molecule has 0 saturated heterocycles. The van der Waals surface area contributed by atoms with Crippen molar-refractivity contribution in [3.8, 4) is 0 Å². The van der Waals surface area contributed by atoms with E-state index in [2.05, 4.69) is 67.4 Å². The van der Waals surface area contributed by atoms with Crippen molar-refractivity contribution in [3.63, 3.8) is 0 Å². The molecule has 1 rings (SSSR count). The Morgan fingerprint density at radius 3 is 2.27 bits per heavy atom. The molecule has 0 aromatic heterocycles. The molecule has 0 bridgehead atoms. The molecule has 0 nitrogen and oxygen atoms in total. The predicted molar refractivity (Wildman–Crippen MR) is 74.8 cm³/mol. The smallest absolute Gasteiger partial charge is 0.0883 e. The Bertz CT molecular complexity index is 367. The maximum atomic E-state index is 3.44. The van der Waals surface area contributed by atoms with Gasteiger partial charge in [0.05, 0.1) is 8.07 Å². The van der Waals surface area contributed by atoms with Crippen molar-refractivity contribution in [1.29, 1.82) is 0 Å². The van der Waals surface area contributed by atoms with Crippen LogP contribution in [0.25, 0.3) is 5.20 Å². The molecule has 1 aromatic carbocycles. The highest BCUT2D eigenvalue weighted by atomic mass is 32.2. The summed E-state index contributed by atoms with van der Waals surface area (Å²) in [6.07, 6.45) is 2.07. The molecule has 0 heterocycles. The molecule has 0 unspecified atom stereocenters. The van der Waals surface area contributed by atoms with Gasteiger partial charge in [0.1, 0.15) is 0 Å². The molecule has 0 radical (unpaired) electrons. The van der Waals surface area contributed by atoms with Crippen molar-refractivity contribution in [1.82, 2.24) is 0 Å². The van der Waals surface area contributed by atoms with Crippen LogP contribution in [0.3, 0.4) is 0 Å². The molecule has 0 spiro atoms. The van der Waals surface area contributed by atoms with Crippen LogP contribution in [0.4, 0.5) is 0 Å². The molecule has 0 fully saturated rings. The Kier molecular flexibility index (Phi) is 4.46. The van der Waals surface area contributed by atoms with Crippen LogP contribution < -0.4 is 0 Å². The highest BCUT2D eigenvalue weighted by Gasteiger charge is 2.20. The summed E-state index contributed by atoms with van der Waals surface area (Å²) in [7, 11) is -1.30. The van der Waals surface area contributed by atoms with Gasteiger partial charge in [0.2, 0.25) is 0 Å². The lowest BCUT2D eigenvalue weighted by Gasteiger charge is -2.18. The first kappa shape index (κ1) is 12.4. The fraction of sp³-hybridized carbons (Fsp3) is 0.308. The van der Waals surface area contributed by atoms with E-state index in [1.165, 1.54) is 10.8 Å². The third-order valence-electron chi connectivity index (χ3n) is 2.13. The quantitative estimate of drug-likeness (QED) is 0.551. The third-order valence-corrected chi connectivity index (χ3v) is 4.42. The first-order valence-electron chi connectivity index (χ1n) is 5.09. The minimum absolute atomic E-state index is 1.30. The average Bonchev–Trinajstić information content (AvgIpc) is 2.18. The van der Waals surface area contributed by atoms with Crippen molar-refractivity contribution in [2.24, 2.45) is 0 Å². The van der Waals surface area contributed by atoms with Gasteiger partial charge in [-0.25, -0.2) is 0 Å². The Morgan fingerprint density at radius 1 is 1.20 bits per heavy atom. The molecule has 0 N–H and O–H groups in total. The van der Waals surface area contributed by atoms with Gasteiger partial charge in [-0.15, -0.1) is 17.5 Å². The Balaban J connectivity index is 3.21. The minimum Gasteiger partial charge on any atom is -0.129 e. The first-order valence-corrected chi connectivity index (χ1v) is 9.88. The van der Waals surface area contributed by atoms with Gasteiger partial charge in [0, 0.05) is 5.41 Å². The van der Waals surface area contributed by atoms with Gasteiger partial charge in [0.25, 0.3) is 0 Å². The topological polar surface area (TPSA) is 0 Å². The van der Waals surface area contributed by atoms with Crippen LogP contribution >= 0.6 is 11.8 Å². The van der Waals surface area contributed by atoms with Gasteiger partial charge in [-0.3, -0.25) is 0 Å². The SMILES string of the molecule is CSC=C=C(c1ccccc1)[Si](C)(C)C. The second-order valence-electron chi connectivity index (χ2n) is 4.49. The number of rotatable bonds is 3. The lowest BCUT2D eigenvalue weighted by Crippen LogP contribution is -2.22. The second-order valence-corrected chi connectivity index (χ2v) is 10.2. The van der Waals surface area contributed by atoms with Gasteiger partial charge in [-0.05, 0) is 17.0 Å².